The number of carboxylic acid groups (broad SMARTS) is 1. The summed E-state index contributed by atoms with van der Waals surface area (Å²) in [6.45, 7) is 3.78. The number of nitrogens with zero attached hydrogens (tertiary/aromatic N) is 6. The summed E-state index contributed by atoms with van der Waals surface area (Å²) < 4.78 is 15.5. The Labute approximate surface area is 295 Å². The first-order valence-corrected chi connectivity index (χ1v) is 17.2. The Bertz CT molecular complexity index is 1770. The first-order chi connectivity index (χ1) is 24.8. The van der Waals surface area contributed by atoms with Crippen LogP contribution in [0.1, 0.15) is 24.1 Å². The van der Waals surface area contributed by atoms with Crippen molar-refractivity contribution in [2.75, 3.05) is 66.2 Å². The predicted octanol–water partition coefficient (Wildman–Crippen LogP) is 4.05. The van der Waals surface area contributed by atoms with E-state index in [1.807, 2.05) is 36.4 Å². The topological polar surface area (TPSA) is 156 Å². The zero-order valence-electron chi connectivity index (χ0n) is 28.2. The summed E-state index contributed by atoms with van der Waals surface area (Å²) in [6, 6.07) is 21.3. The van der Waals surface area contributed by atoms with Crippen molar-refractivity contribution >= 4 is 40.9 Å². The summed E-state index contributed by atoms with van der Waals surface area (Å²) in [5.74, 6) is -2.56. The van der Waals surface area contributed by atoms with Gasteiger partial charge in [-0.15, -0.1) is 0 Å². The lowest BCUT2D eigenvalue weighted by molar-refractivity contribution is -0.142. The second kappa shape index (κ2) is 16.7. The lowest BCUT2D eigenvalue weighted by Gasteiger charge is -2.36. The summed E-state index contributed by atoms with van der Waals surface area (Å²) in [6.07, 6.45) is 4.78. The summed E-state index contributed by atoms with van der Waals surface area (Å²) in [5, 5.41) is 18.6. The molecule has 0 aliphatic carbocycles. The molecule has 0 radical (unpaired) electrons. The minimum atomic E-state index is -1.17. The molecule has 0 spiro atoms. The number of benzene rings is 2. The van der Waals surface area contributed by atoms with E-state index < -0.39 is 29.7 Å². The number of piperidine rings is 1. The molecule has 2 aromatic heterocycles. The number of carbonyl (C=O) groups is 3. The van der Waals surface area contributed by atoms with E-state index in [0.717, 1.165) is 24.5 Å². The first-order valence-electron chi connectivity index (χ1n) is 17.2. The van der Waals surface area contributed by atoms with Gasteiger partial charge in [0, 0.05) is 81.9 Å². The number of amides is 3. The van der Waals surface area contributed by atoms with Crippen molar-refractivity contribution in [3.63, 3.8) is 0 Å². The van der Waals surface area contributed by atoms with E-state index in [9.17, 15) is 19.5 Å². The van der Waals surface area contributed by atoms with E-state index in [1.54, 1.807) is 40.3 Å². The van der Waals surface area contributed by atoms with E-state index in [2.05, 4.69) is 47.9 Å². The first kappa shape index (κ1) is 35.1. The Morgan fingerprint density at radius 1 is 0.882 bits per heavy atom. The molecule has 0 saturated carbocycles. The van der Waals surface area contributed by atoms with Crippen molar-refractivity contribution in [3.8, 4) is 0 Å². The number of pyridine rings is 1. The van der Waals surface area contributed by atoms with Crippen LogP contribution in [-0.4, -0.2) is 94.7 Å². The fourth-order valence-corrected chi connectivity index (χ4v) is 6.40. The molecule has 4 N–H and O–H groups in total. The number of urea groups is 1. The second-order valence-electron chi connectivity index (χ2n) is 12.7. The fraction of sp³-hybridized carbons (Fsp3) is 0.351. The third kappa shape index (κ3) is 9.26. The highest BCUT2D eigenvalue weighted by Gasteiger charge is 2.31. The largest absolute Gasteiger partial charge is 0.480 e. The van der Waals surface area contributed by atoms with Gasteiger partial charge in [0.2, 0.25) is 11.7 Å². The molecule has 0 bridgehead atoms. The van der Waals surface area contributed by atoms with Crippen molar-refractivity contribution in [1.82, 2.24) is 25.2 Å². The molecular formula is C37H42FN9O4. The number of hydrogen-bond donors (Lipinski definition) is 4. The number of nitrogens with one attached hydrogen (secondary N) is 3. The standard InChI is InChI=1S/C37H42FN9O4/c38-32-33(40-17-15-28-8-4-5-16-39-28)41-25-42-34(32)47-18-6-7-27(24-47)35(48)44-31(36(49)50)23-26-11-13-29(14-12-26)43-37(51)46-21-19-45(20-22-46)30-9-2-1-3-10-30/h1-5,8-14,16,25,27,31H,6-7,15,17-24H2,(H,43,51)(H,44,48)(H,49,50)(H,40,41,42)/t27?,31-/m0/s1. The number of hydrogen-bond acceptors (Lipinski definition) is 9. The number of carboxylic acids is 1. The van der Waals surface area contributed by atoms with Gasteiger partial charge in [0.15, 0.2) is 11.6 Å². The van der Waals surface area contributed by atoms with E-state index in [1.165, 1.54) is 6.33 Å². The van der Waals surface area contributed by atoms with E-state index in [-0.39, 0.29) is 30.6 Å². The molecule has 4 heterocycles. The van der Waals surface area contributed by atoms with Crippen LogP contribution in [0.25, 0.3) is 0 Å². The van der Waals surface area contributed by atoms with Crippen molar-refractivity contribution in [1.29, 1.82) is 0 Å². The van der Waals surface area contributed by atoms with Crippen molar-refractivity contribution in [3.05, 3.63) is 102 Å². The van der Waals surface area contributed by atoms with E-state index in [4.69, 9.17) is 0 Å². The maximum absolute atomic E-state index is 15.5. The summed E-state index contributed by atoms with van der Waals surface area (Å²) in [4.78, 5) is 56.7. The SMILES string of the molecule is O=C(N[C@@H](Cc1ccc(NC(=O)N2CCN(c3ccccc3)CC2)cc1)C(=O)O)C1CCCN(c2ncnc(NCCc3ccccn3)c2F)C1. The van der Waals surface area contributed by atoms with Gasteiger partial charge < -0.3 is 35.8 Å². The highest BCUT2D eigenvalue weighted by Crippen LogP contribution is 2.27. The third-order valence-corrected chi connectivity index (χ3v) is 9.21. The molecule has 51 heavy (non-hydrogen) atoms. The monoisotopic (exact) mass is 695 g/mol. The number of halogens is 1. The quantitative estimate of drug-likeness (QED) is 0.171. The molecular weight excluding hydrogens is 653 g/mol. The minimum Gasteiger partial charge on any atom is -0.480 e. The van der Waals surface area contributed by atoms with Gasteiger partial charge in [-0.05, 0) is 54.8 Å². The summed E-state index contributed by atoms with van der Waals surface area (Å²) in [5.41, 5.74) is 3.29. The van der Waals surface area contributed by atoms with Gasteiger partial charge >= 0.3 is 12.0 Å². The van der Waals surface area contributed by atoms with Crippen LogP contribution in [-0.2, 0) is 22.4 Å². The highest BCUT2D eigenvalue weighted by atomic mass is 19.1. The maximum Gasteiger partial charge on any atom is 0.326 e. The van der Waals surface area contributed by atoms with Gasteiger partial charge in [-0.1, -0.05) is 36.4 Å². The lowest BCUT2D eigenvalue weighted by atomic mass is 9.96. The number of piperazine rings is 1. The normalized spacial score (nSPS) is 16.6. The van der Waals surface area contributed by atoms with Crippen LogP contribution in [0.15, 0.2) is 85.3 Å². The molecule has 4 aromatic rings. The molecule has 2 aliphatic rings. The maximum atomic E-state index is 15.5. The number of rotatable bonds is 12. The number of aromatic nitrogens is 3. The van der Waals surface area contributed by atoms with Crippen LogP contribution in [0.3, 0.4) is 0 Å². The summed E-state index contributed by atoms with van der Waals surface area (Å²) >= 11 is 0. The number of para-hydroxylation sites is 1. The van der Waals surface area contributed by atoms with Crippen LogP contribution >= 0.6 is 0 Å². The van der Waals surface area contributed by atoms with Crippen molar-refractivity contribution < 1.29 is 23.9 Å². The molecule has 1 unspecified atom stereocenters. The van der Waals surface area contributed by atoms with E-state index in [0.29, 0.717) is 56.7 Å². The smallest absolute Gasteiger partial charge is 0.326 e. The molecule has 2 fully saturated rings. The summed E-state index contributed by atoms with van der Waals surface area (Å²) in [7, 11) is 0. The molecule has 2 saturated heterocycles. The Hall–Kier alpha value is -5.79. The van der Waals surface area contributed by atoms with Crippen LogP contribution in [0, 0.1) is 11.7 Å². The average Bonchev–Trinajstić information content (AvgIpc) is 3.17. The van der Waals surface area contributed by atoms with Crippen LogP contribution in [0.4, 0.5) is 32.2 Å². The van der Waals surface area contributed by atoms with Gasteiger partial charge in [0.1, 0.15) is 12.4 Å². The van der Waals surface area contributed by atoms with Crippen molar-refractivity contribution in [2.45, 2.75) is 31.7 Å². The van der Waals surface area contributed by atoms with E-state index >= 15 is 4.39 Å². The molecule has 13 nitrogen and oxygen atoms in total. The molecule has 2 aliphatic heterocycles. The van der Waals surface area contributed by atoms with Gasteiger partial charge in [-0.2, -0.15) is 4.39 Å². The number of aliphatic carboxylic acids is 1. The fourth-order valence-electron chi connectivity index (χ4n) is 6.40. The average molecular weight is 696 g/mol. The van der Waals surface area contributed by atoms with Crippen LogP contribution < -0.4 is 25.8 Å². The molecule has 266 valence electrons. The molecule has 2 aromatic carbocycles. The molecule has 3 amide bonds. The highest BCUT2D eigenvalue weighted by molar-refractivity contribution is 5.89. The molecule has 14 heteroatoms. The minimum absolute atomic E-state index is 0.0568. The molecule has 2 atom stereocenters. The van der Waals surface area contributed by atoms with Gasteiger partial charge in [0.05, 0.1) is 5.92 Å². The lowest BCUT2D eigenvalue weighted by Crippen LogP contribution is -2.50. The van der Waals surface area contributed by atoms with Crippen molar-refractivity contribution in [2.24, 2.45) is 5.92 Å². The number of carbonyl (C=O) groups excluding carboxylic acids is 2. The Balaban J connectivity index is 0.988. The Kier molecular flexibility index (Phi) is 11.5. The predicted molar refractivity (Wildman–Crippen MR) is 192 cm³/mol. The van der Waals surface area contributed by atoms with Gasteiger partial charge in [0.25, 0.3) is 0 Å². The van der Waals surface area contributed by atoms with Crippen LogP contribution in [0.5, 0.6) is 0 Å². The van der Waals surface area contributed by atoms with Crippen LogP contribution in [0.2, 0.25) is 0 Å². The Morgan fingerprint density at radius 2 is 1.65 bits per heavy atom. The van der Waals surface area contributed by atoms with Gasteiger partial charge in [-0.3, -0.25) is 9.78 Å². The van der Waals surface area contributed by atoms with Gasteiger partial charge in [-0.25, -0.2) is 19.6 Å². The number of anilines is 4. The zero-order valence-corrected chi connectivity index (χ0v) is 28.2. The molecule has 6 rings (SSSR count). The Morgan fingerprint density at radius 3 is 2.37 bits per heavy atom. The zero-order chi connectivity index (χ0) is 35.6. The third-order valence-electron chi connectivity index (χ3n) is 9.21. The second-order valence-corrected chi connectivity index (χ2v) is 12.7.